The van der Waals surface area contributed by atoms with Gasteiger partial charge in [0.1, 0.15) is 11.5 Å². The molecule has 1 unspecified atom stereocenters. The topological polar surface area (TPSA) is 98.2 Å². The third kappa shape index (κ3) is 3.62. The fraction of sp³-hybridized carbons (Fsp3) is 0.160. The van der Waals surface area contributed by atoms with Crippen molar-refractivity contribution in [1.82, 2.24) is 4.98 Å². The van der Waals surface area contributed by atoms with E-state index in [2.05, 4.69) is 4.98 Å². The normalized spacial score (nSPS) is 18.4. The van der Waals surface area contributed by atoms with Crippen LogP contribution in [-0.4, -0.2) is 35.2 Å². The Morgan fingerprint density at radius 1 is 1.12 bits per heavy atom. The molecule has 0 bridgehead atoms. The summed E-state index contributed by atoms with van der Waals surface area (Å²) in [7, 11) is 0. The van der Waals surface area contributed by atoms with Gasteiger partial charge in [-0.15, -0.1) is 0 Å². The number of rotatable bonds is 5. The first-order valence-electron chi connectivity index (χ1n) is 10.5. The van der Waals surface area contributed by atoms with Gasteiger partial charge in [-0.05, 0) is 55.0 Å². The second-order valence-corrected chi connectivity index (χ2v) is 7.97. The first-order valence-corrected chi connectivity index (χ1v) is 10.9. The molecule has 1 saturated heterocycles. The van der Waals surface area contributed by atoms with Crippen LogP contribution in [0.5, 0.6) is 17.2 Å². The highest BCUT2D eigenvalue weighted by atomic mass is 35.5. The highest BCUT2D eigenvalue weighted by Gasteiger charge is 2.47. The fourth-order valence-electron chi connectivity index (χ4n) is 4.08. The van der Waals surface area contributed by atoms with E-state index in [0.29, 0.717) is 35.1 Å². The fourth-order valence-corrected chi connectivity index (χ4v) is 4.29. The average molecular weight is 479 g/mol. The van der Waals surface area contributed by atoms with E-state index < -0.39 is 23.5 Å². The lowest BCUT2D eigenvalue weighted by Crippen LogP contribution is -2.29. The van der Waals surface area contributed by atoms with Gasteiger partial charge in [0.15, 0.2) is 11.5 Å². The number of aliphatic hydroxyl groups excluding tert-OH is 1. The van der Waals surface area contributed by atoms with Crippen LogP contribution in [0.15, 0.2) is 66.5 Å². The second-order valence-electron chi connectivity index (χ2n) is 7.56. The Hall–Kier alpha value is -4.04. The van der Waals surface area contributed by atoms with Gasteiger partial charge in [-0.2, -0.15) is 0 Å². The highest BCUT2D eigenvalue weighted by Crippen LogP contribution is 2.45. The molecule has 8 nitrogen and oxygen atoms in total. The Labute approximate surface area is 200 Å². The van der Waals surface area contributed by atoms with E-state index in [9.17, 15) is 14.7 Å². The predicted octanol–water partition coefficient (Wildman–Crippen LogP) is 4.49. The second kappa shape index (κ2) is 8.72. The molecule has 1 N–H and O–H groups in total. The van der Waals surface area contributed by atoms with E-state index >= 15 is 0 Å². The SMILES string of the molecule is CCOc1ccc(Cl)c(/C(O)=C2\C(=O)C(=O)N(c3ccc4c(c3)OCO4)C2c2ccncc2)c1. The van der Waals surface area contributed by atoms with Gasteiger partial charge in [-0.25, -0.2) is 0 Å². The lowest BCUT2D eigenvalue weighted by Gasteiger charge is -2.25. The van der Waals surface area contributed by atoms with Crippen LogP contribution in [0, 0.1) is 0 Å². The smallest absolute Gasteiger partial charge is 0.300 e. The van der Waals surface area contributed by atoms with Crippen molar-refractivity contribution >= 4 is 34.7 Å². The van der Waals surface area contributed by atoms with Crippen molar-refractivity contribution in [2.45, 2.75) is 13.0 Å². The van der Waals surface area contributed by atoms with Crippen molar-refractivity contribution in [2.24, 2.45) is 0 Å². The molecule has 2 aliphatic rings. The van der Waals surface area contributed by atoms with Crippen LogP contribution in [0.4, 0.5) is 5.69 Å². The van der Waals surface area contributed by atoms with E-state index in [4.69, 9.17) is 25.8 Å². The van der Waals surface area contributed by atoms with Gasteiger partial charge < -0.3 is 19.3 Å². The summed E-state index contributed by atoms with van der Waals surface area (Å²) in [6, 6.07) is 12.2. The van der Waals surface area contributed by atoms with Gasteiger partial charge in [0.2, 0.25) is 6.79 Å². The molecule has 0 saturated carbocycles. The summed E-state index contributed by atoms with van der Waals surface area (Å²) >= 11 is 6.36. The summed E-state index contributed by atoms with van der Waals surface area (Å²) in [5.41, 5.74) is 1.10. The zero-order valence-electron chi connectivity index (χ0n) is 18.0. The Balaban J connectivity index is 1.70. The number of Topliss-reactive ketones (excluding diaryl/α,β-unsaturated/α-hetero) is 1. The maximum atomic E-state index is 13.3. The Morgan fingerprint density at radius 3 is 2.65 bits per heavy atom. The number of halogens is 1. The number of aromatic nitrogens is 1. The monoisotopic (exact) mass is 478 g/mol. The van der Waals surface area contributed by atoms with Crippen molar-refractivity contribution in [2.75, 3.05) is 18.3 Å². The third-order valence-corrected chi connectivity index (χ3v) is 5.93. The minimum absolute atomic E-state index is 0.0695. The summed E-state index contributed by atoms with van der Waals surface area (Å²) < 4.78 is 16.3. The van der Waals surface area contributed by atoms with Gasteiger partial charge in [-0.3, -0.25) is 19.5 Å². The molecule has 5 rings (SSSR count). The number of hydrogen-bond acceptors (Lipinski definition) is 7. The maximum Gasteiger partial charge on any atom is 0.300 e. The highest BCUT2D eigenvalue weighted by molar-refractivity contribution is 6.52. The molecule has 172 valence electrons. The number of carbonyl (C=O) groups is 2. The molecule has 1 aromatic heterocycles. The van der Waals surface area contributed by atoms with Crippen LogP contribution in [-0.2, 0) is 9.59 Å². The van der Waals surface area contributed by atoms with Crippen molar-refractivity contribution in [3.63, 3.8) is 0 Å². The number of amides is 1. The number of nitrogens with zero attached hydrogens (tertiary/aromatic N) is 2. The number of anilines is 1. The molecule has 0 aliphatic carbocycles. The van der Waals surface area contributed by atoms with Crippen molar-refractivity contribution in [1.29, 1.82) is 0 Å². The molecule has 2 aromatic carbocycles. The number of carbonyl (C=O) groups excluding carboxylic acids is 2. The summed E-state index contributed by atoms with van der Waals surface area (Å²) in [5.74, 6) is -0.552. The molecule has 1 amide bonds. The number of fused-ring (bicyclic) bond motifs is 1. The van der Waals surface area contributed by atoms with Crippen LogP contribution in [0.3, 0.4) is 0 Å². The summed E-state index contributed by atoms with van der Waals surface area (Å²) in [4.78, 5) is 31.9. The van der Waals surface area contributed by atoms with Gasteiger partial charge in [0, 0.05) is 29.7 Å². The number of pyridine rings is 1. The molecule has 3 aromatic rings. The van der Waals surface area contributed by atoms with Gasteiger partial charge >= 0.3 is 0 Å². The predicted molar refractivity (Wildman–Crippen MR) is 124 cm³/mol. The molecular formula is C25H19ClN2O6. The van der Waals surface area contributed by atoms with Crippen LogP contribution in [0.2, 0.25) is 5.02 Å². The molecule has 0 radical (unpaired) electrons. The quantitative estimate of drug-likeness (QED) is 0.328. The number of aliphatic hydroxyl groups is 1. The maximum absolute atomic E-state index is 13.3. The van der Waals surface area contributed by atoms with E-state index in [1.54, 1.807) is 60.9 Å². The number of ether oxygens (including phenoxy) is 3. The molecule has 2 aliphatic heterocycles. The van der Waals surface area contributed by atoms with Crippen LogP contribution >= 0.6 is 11.6 Å². The van der Waals surface area contributed by atoms with E-state index in [0.717, 1.165) is 0 Å². The number of ketones is 1. The zero-order chi connectivity index (χ0) is 23.8. The Bertz CT molecular complexity index is 1320. The van der Waals surface area contributed by atoms with Crippen LogP contribution < -0.4 is 19.1 Å². The molecule has 0 spiro atoms. The summed E-state index contributed by atoms with van der Waals surface area (Å²) in [6.45, 7) is 2.31. The van der Waals surface area contributed by atoms with Gasteiger partial charge in [0.05, 0.1) is 23.2 Å². The molecule has 1 atom stereocenters. The lowest BCUT2D eigenvalue weighted by atomic mass is 9.95. The van der Waals surface area contributed by atoms with Crippen molar-refractivity contribution in [3.8, 4) is 17.2 Å². The minimum atomic E-state index is -0.921. The lowest BCUT2D eigenvalue weighted by molar-refractivity contribution is -0.132. The van der Waals surface area contributed by atoms with Crippen LogP contribution in [0.1, 0.15) is 24.1 Å². The van der Waals surface area contributed by atoms with Gasteiger partial charge in [-0.1, -0.05) is 11.6 Å². The number of benzene rings is 2. The molecule has 1 fully saturated rings. The van der Waals surface area contributed by atoms with E-state index in [1.165, 1.54) is 4.90 Å². The Morgan fingerprint density at radius 2 is 1.88 bits per heavy atom. The minimum Gasteiger partial charge on any atom is -0.507 e. The van der Waals surface area contributed by atoms with Gasteiger partial charge in [0.25, 0.3) is 11.7 Å². The zero-order valence-corrected chi connectivity index (χ0v) is 18.8. The largest absolute Gasteiger partial charge is 0.507 e. The summed E-state index contributed by atoms with van der Waals surface area (Å²) in [6.07, 6.45) is 3.11. The van der Waals surface area contributed by atoms with E-state index in [-0.39, 0.29) is 23.0 Å². The standard InChI is InChI=1S/C25H19ClN2O6/c1-2-32-16-4-5-18(26)17(12-16)23(29)21-22(14-7-9-27-10-8-14)28(25(31)24(21)30)15-3-6-19-20(11-15)34-13-33-19/h3-12,22,29H,2,13H2,1H3/b23-21+. The van der Waals surface area contributed by atoms with Crippen molar-refractivity contribution in [3.05, 3.63) is 82.6 Å². The first-order chi connectivity index (χ1) is 16.5. The Kier molecular flexibility index (Phi) is 5.59. The first kappa shape index (κ1) is 21.8. The van der Waals surface area contributed by atoms with E-state index in [1.807, 2.05) is 6.92 Å². The van der Waals surface area contributed by atoms with Crippen LogP contribution in [0.25, 0.3) is 5.76 Å². The van der Waals surface area contributed by atoms with Crippen molar-refractivity contribution < 1.29 is 28.9 Å². The number of hydrogen-bond donors (Lipinski definition) is 1. The summed E-state index contributed by atoms with van der Waals surface area (Å²) in [5, 5.41) is 11.5. The molecule has 3 heterocycles. The molecule has 9 heteroatoms. The molecule has 34 heavy (non-hydrogen) atoms. The average Bonchev–Trinajstić information content (AvgIpc) is 3.42. The third-order valence-electron chi connectivity index (χ3n) is 5.60. The molecular weight excluding hydrogens is 460 g/mol.